The Bertz CT molecular complexity index is 598. The Hall–Kier alpha value is -0.880. The Morgan fingerprint density at radius 1 is 1.17 bits per heavy atom. The number of hydrogen-bond donors (Lipinski definition) is 1. The van der Waals surface area contributed by atoms with Gasteiger partial charge >= 0.3 is 6.18 Å². The number of benzene rings is 1. The maximum absolute atomic E-state index is 12.8. The molecule has 1 N–H and O–H groups in total. The van der Waals surface area contributed by atoms with E-state index in [9.17, 15) is 13.2 Å². The SMILES string of the molecule is CC1(C)CCC(C)(C)NC(SCc2cccc(C(F)(F)F)c2)=N1.Cl. The number of thioether (sulfide) groups is 1. The van der Waals surface area contributed by atoms with E-state index in [2.05, 4.69) is 33.0 Å². The van der Waals surface area contributed by atoms with Crippen LogP contribution < -0.4 is 5.32 Å². The van der Waals surface area contributed by atoms with Gasteiger partial charge in [0.2, 0.25) is 0 Å². The van der Waals surface area contributed by atoms with E-state index >= 15 is 0 Å². The van der Waals surface area contributed by atoms with Crippen LogP contribution in [-0.2, 0) is 11.9 Å². The van der Waals surface area contributed by atoms with Gasteiger partial charge in [0.05, 0.1) is 11.1 Å². The lowest BCUT2D eigenvalue weighted by Gasteiger charge is -2.26. The zero-order chi connectivity index (χ0) is 17.3. The van der Waals surface area contributed by atoms with Gasteiger partial charge in [0.1, 0.15) is 0 Å². The van der Waals surface area contributed by atoms with Crippen LogP contribution in [-0.4, -0.2) is 16.2 Å². The van der Waals surface area contributed by atoms with Crippen LogP contribution in [0.3, 0.4) is 0 Å². The molecule has 0 radical (unpaired) electrons. The quantitative estimate of drug-likeness (QED) is 0.716. The molecule has 7 heteroatoms. The largest absolute Gasteiger partial charge is 0.416 e. The molecule has 0 atom stereocenters. The molecule has 0 spiro atoms. The van der Waals surface area contributed by atoms with Crippen molar-refractivity contribution in [1.29, 1.82) is 0 Å². The van der Waals surface area contributed by atoms with E-state index < -0.39 is 11.7 Å². The van der Waals surface area contributed by atoms with Gasteiger partial charge in [-0.25, -0.2) is 0 Å². The molecular weight excluding hydrogens is 357 g/mol. The predicted molar refractivity (Wildman–Crippen MR) is 97.9 cm³/mol. The van der Waals surface area contributed by atoms with Crippen LogP contribution in [0, 0.1) is 0 Å². The van der Waals surface area contributed by atoms with Crippen molar-refractivity contribution < 1.29 is 13.2 Å². The average Bonchev–Trinajstić information content (AvgIpc) is 2.52. The Labute approximate surface area is 152 Å². The monoisotopic (exact) mass is 380 g/mol. The molecule has 24 heavy (non-hydrogen) atoms. The molecule has 0 unspecified atom stereocenters. The van der Waals surface area contributed by atoms with Gasteiger partial charge in [-0.3, -0.25) is 4.99 Å². The summed E-state index contributed by atoms with van der Waals surface area (Å²) in [5, 5.41) is 4.22. The summed E-state index contributed by atoms with van der Waals surface area (Å²) in [5.41, 5.74) is -0.175. The molecule has 1 aliphatic rings. The van der Waals surface area contributed by atoms with Crippen LogP contribution in [0.25, 0.3) is 0 Å². The molecule has 0 aliphatic carbocycles. The minimum Gasteiger partial charge on any atom is -0.360 e. The number of nitrogens with one attached hydrogen (secondary N) is 1. The van der Waals surface area contributed by atoms with E-state index in [0.717, 1.165) is 24.1 Å². The lowest BCUT2D eigenvalue weighted by atomic mass is 9.91. The number of rotatable bonds is 2. The summed E-state index contributed by atoms with van der Waals surface area (Å²) in [4.78, 5) is 4.74. The first kappa shape index (κ1) is 21.2. The van der Waals surface area contributed by atoms with Crippen LogP contribution in [0.5, 0.6) is 0 Å². The normalized spacial score (nSPS) is 19.5. The van der Waals surface area contributed by atoms with E-state index in [0.29, 0.717) is 11.3 Å². The Balaban J connectivity index is 0.00000288. The molecule has 0 saturated heterocycles. The maximum atomic E-state index is 12.8. The molecule has 0 amide bonds. The van der Waals surface area contributed by atoms with E-state index in [4.69, 9.17) is 4.99 Å². The predicted octanol–water partition coefficient (Wildman–Crippen LogP) is 5.66. The van der Waals surface area contributed by atoms with Crippen molar-refractivity contribution in [3.05, 3.63) is 35.4 Å². The summed E-state index contributed by atoms with van der Waals surface area (Å²) in [6.07, 6.45) is -2.33. The fourth-order valence-electron chi connectivity index (χ4n) is 2.39. The highest BCUT2D eigenvalue weighted by atomic mass is 35.5. The maximum Gasteiger partial charge on any atom is 0.416 e. The Kier molecular flexibility index (Phi) is 6.67. The highest BCUT2D eigenvalue weighted by molar-refractivity contribution is 8.13. The van der Waals surface area contributed by atoms with Crippen LogP contribution in [0.1, 0.15) is 51.7 Å². The van der Waals surface area contributed by atoms with E-state index in [1.807, 2.05) is 0 Å². The van der Waals surface area contributed by atoms with Crippen molar-refractivity contribution in [3.63, 3.8) is 0 Å². The van der Waals surface area contributed by atoms with Gasteiger partial charge in [-0.2, -0.15) is 13.2 Å². The minimum absolute atomic E-state index is 0. The van der Waals surface area contributed by atoms with Gasteiger partial charge in [-0.05, 0) is 52.2 Å². The fraction of sp³-hybridized carbons (Fsp3) is 0.588. The summed E-state index contributed by atoms with van der Waals surface area (Å²) in [5.74, 6) is 0.460. The molecule has 1 aromatic carbocycles. The first-order valence-electron chi connectivity index (χ1n) is 7.64. The number of alkyl halides is 3. The third kappa shape index (κ3) is 6.20. The molecule has 2 nitrogen and oxygen atoms in total. The zero-order valence-corrected chi connectivity index (χ0v) is 16.0. The first-order chi connectivity index (χ1) is 10.5. The molecule has 1 aliphatic heterocycles. The standard InChI is InChI=1S/C17H23F3N2S.ClH/c1-15(2)8-9-16(3,4)22-14(21-15)23-11-12-6-5-7-13(10-12)17(18,19)20;/h5-7,10H,8-9,11H2,1-4H3,(H,21,22);1H. The third-order valence-electron chi connectivity index (χ3n) is 3.84. The average molecular weight is 381 g/mol. The summed E-state index contributed by atoms with van der Waals surface area (Å²) < 4.78 is 38.3. The van der Waals surface area contributed by atoms with E-state index in [1.54, 1.807) is 6.07 Å². The van der Waals surface area contributed by atoms with Crippen molar-refractivity contribution in [2.45, 2.75) is 63.5 Å². The number of aliphatic imine (C=N–C) groups is 1. The second kappa shape index (κ2) is 7.56. The summed E-state index contributed by atoms with van der Waals surface area (Å²) in [6, 6.07) is 5.48. The van der Waals surface area contributed by atoms with Crippen LogP contribution in [0.2, 0.25) is 0 Å². The van der Waals surface area contributed by atoms with Gasteiger partial charge in [-0.15, -0.1) is 12.4 Å². The lowest BCUT2D eigenvalue weighted by Crippen LogP contribution is -2.41. The van der Waals surface area contributed by atoms with Gasteiger partial charge in [0, 0.05) is 11.3 Å². The van der Waals surface area contributed by atoms with E-state index in [-0.39, 0.29) is 23.5 Å². The van der Waals surface area contributed by atoms with Crippen LogP contribution in [0.4, 0.5) is 13.2 Å². The molecule has 1 aromatic rings. The Morgan fingerprint density at radius 3 is 2.46 bits per heavy atom. The minimum atomic E-state index is -4.30. The van der Waals surface area contributed by atoms with Crippen molar-refractivity contribution in [3.8, 4) is 0 Å². The van der Waals surface area contributed by atoms with E-state index in [1.165, 1.54) is 23.9 Å². The number of nitrogens with zero attached hydrogens (tertiary/aromatic N) is 1. The number of halogens is 4. The van der Waals surface area contributed by atoms with Crippen molar-refractivity contribution in [2.75, 3.05) is 0 Å². The lowest BCUT2D eigenvalue weighted by molar-refractivity contribution is -0.137. The van der Waals surface area contributed by atoms with Crippen LogP contribution >= 0.6 is 24.2 Å². The second-order valence-corrected chi connectivity index (χ2v) is 8.19. The third-order valence-corrected chi connectivity index (χ3v) is 4.79. The van der Waals surface area contributed by atoms with Gasteiger partial charge in [0.15, 0.2) is 5.17 Å². The Morgan fingerprint density at radius 2 is 1.83 bits per heavy atom. The smallest absolute Gasteiger partial charge is 0.360 e. The molecule has 0 fully saturated rings. The van der Waals surface area contributed by atoms with Gasteiger partial charge in [-0.1, -0.05) is 30.0 Å². The molecule has 2 rings (SSSR count). The van der Waals surface area contributed by atoms with Crippen molar-refractivity contribution in [1.82, 2.24) is 5.32 Å². The summed E-state index contributed by atoms with van der Waals surface area (Å²) in [7, 11) is 0. The van der Waals surface area contributed by atoms with Crippen molar-refractivity contribution in [2.24, 2.45) is 4.99 Å². The highest BCUT2D eigenvalue weighted by Gasteiger charge is 2.31. The molecule has 136 valence electrons. The van der Waals surface area contributed by atoms with Crippen LogP contribution in [0.15, 0.2) is 29.3 Å². The van der Waals surface area contributed by atoms with Crippen molar-refractivity contribution >= 4 is 29.3 Å². The summed E-state index contributed by atoms with van der Waals surface area (Å²) in [6.45, 7) is 8.41. The molecule has 1 heterocycles. The topological polar surface area (TPSA) is 24.4 Å². The fourth-order valence-corrected chi connectivity index (χ4v) is 3.53. The van der Waals surface area contributed by atoms with Gasteiger partial charge < -0.3 is 5.32 Å². The summed E-state index contributed by atoms with van der Waals surface area (Å²) >= 11 is 1.46. The van der Waals surface area contributed by atoms with Gasteiger partial charge in [0.25, 0.3) is 0 Å². The highest BCUT2D eigenvalue weighted by Crippen LogP contribution is 2.31. The first-order valence-corrected chi connectivity index (χ1v) is 8.62. The number of hydrogen-bond acceptors (Lipinski definition) is 3. The molecule has 0 bridgehead atoms. The number of amidine groups is 1. The zero-order valence-electron chi connectivity index (χ0n) is 14.3. The second-order valence-electron chi connectivity index (χ2n) is 7.23. The molecule has 0 aromatic heterocycles. The molecular formula is C17H24ClF3N2S. The molecule has 0 saturated carbocycles.